The van der Waals surface area contributed by atoms with Crippen molar-refractivity contribution in [3.05, 3.63) is 77.0 Å². The van der Waals surface area contributed by atoms with Crippen molar-refractivity contribution in [1.82, 2.24) is 25.1 Å². The van der Waals surface area contributed by atoms with Gasteiger partial charge in [-0.15, -0.1) is 11.3 Å². The molecule has 8 heteroatoms. The maximum Gasteiger partial charge on any atom is 0.167 e. The van der Waals surface area contributed by atoms with E-state index in [9.17, 15) is 0 Å². The first-order chi connectivity index (χ1) is 13.7. The van der Waals surface area contributed by atoms with Crippen LogP contribution in [0.2, 0.25) is 0 Å². The lowest BCUT2D eigenvalue weighted by atomic mass is 10.1. The van der Waals surface area contributed by atoms with Crippen molar-refractivity contribution in [3.63, 3.8) is 0 Å². The number of hydrogen-bond acceptors (Lipinski definition) is 7. The van der Waals surface area contributed by atoms with E-state index in [0.717, 1.165) is 38.0 Å². The second-order valence-corrected chi connectivity index (χ2v) is 7.20. The van der Waals surface area contributed by atoms with Crippen molar-refractivity contribution in [1.29, 1.82) is 0 Å². The standard InChI is InChI=1S/C20H19N7S/c1-12(22)16(15-4-2-3-9-23-15)20-26-17(14-7-5-13(10-21)6-8-14)18(28-20)19-24-11-25-27-19/h2-9,11H,10,21-22H2,1H3,(H,24,25,27). The molecule has 3 aromatic heterocycles. The molecule has 0 amide bonds. The number of H-pyrrole nitrogens is 1. The lowest BCUT2D eigenvalue weighted by Crippen LogP contribution is -2.01. The highest BCUT2D eigenvalue weighted by atomic mass is 32.1. The zero-order chi connectivity index (χ0) is 19.5. The SMILES string of the molecule is CC(N)=C(c1ccccn1)c1nc(-c2ccc(CN)cc2)c(-c2ncn[nH]2)s1. The Morgan fingerprint density at radius 2 is 1.93 bits per heavy atom. The molecule has 0 aliphatic carbocycles. The van der Waals surface area contributed by atoms with Gasteiger partial charge < -0.3 is 11.5 Å². The number of pyridine rings is 1. The number of aromatic amines is 1. The highest BCUT2D eigenvalue weighted by Gasteiger charge is 2.21. The van der Waals surface area contributed by atoms with E-state index >= 15 is 0 Å². The van der Waals surface area contributed by atoms with Crippen LogP contribution < -0.4 is 11.5 Å². The first-order valence-electron chi connectivity index (χ1n) is 8.71. The van der Waals surface area contributed by atoms with Gasteiger partial charge in [0, 0.05) is 24.0 Å². The Bertz CT molecular complexity index is 1090. The molecule has 0 saturated heterocycles. The second-order valence-electron chi connectivity index (χ2n) is 6.20. The van der Waals surface area contributed by atoms with Crippen LogP contribution >= 0.6 is 11.3 Å². The van der Waals surface area contributed by atoms with E-state index < -0.39 is 0 Å². The minimum absolute atomic E-state index is 0.497. The summed E-state index contributed by atoms with van der Waals surface area (Å²) in [5.74, 6) is 0.664. The molecular weight excluding hydrogens is 370 g/mol. The Hall–Kier alpha value is -3.36. The lowest BCUT2D eigenvalue weighted by molar-refractivity contribution is 1.07. The summed E-state index contributed by atoms with van der Waals surface area (Å²) in [6, 6.07) is 13.8. The molecule has 0 fully saturated rings. The molecule has 5 N–H and O–H groups in total. The number of nitrogens with zero attached hydrogens (tertiary/aromatic N) is 4. The van der Waals surface area contributed by atoms with E-state index in [-0.39, 0.29) is 0 Å². The summed E-state index contributed by atoms with van der Waals surface area (Å²) in [5, 5.41) is 7.70. The lowest BCUT2D eigenvalue weighted by Gasteiger charge is -2.05. The summed E-state index contributed by atoms with van der Waals surface area (Å²) in [7, 11) is 0. The molecule has 0 aliphatic rings. The summed E-state index contributed by atoms with van der Waals surface area (Å²) < 4.78 is 0. The van der Waals surface area contributed by atoms with Crippen LogP contribution in [-0.4, -0.2) is 25.1 Å². The average Bonchev–Trinajstić information content (AvgIpc) is 3.39. The number of nitrogens with two attached hydrogens (primary N) is 2. The van der Waals surface area contributed by atoms with Crippen molar-refractivity contribution < 1.29 is 0 Å². The predicted molar refractivity (Wildman–Crippen MR) is 111 cm³/mol. The van der Waals surface area contributed by atoms with Crippen LogP contribution in [0, 0.1) is 0 Å². The number of benzene rings is 1. The van der Waals surface area contributed by atoms with Gasteiger partial charge in [-0.3, -0.25) is 10.1 Å². The van der Waals surface area contributed by atoms with Crippen LogP contribution in [0.25, 0.3) is 27.5 Å². The highest BCUT2D eigenvalue weighted by Crippen LogP contribution is 2.39. The summed E-state index contributed by atoms with van der Waals surface area (Å²) >= 11 is 1.51. The van der Waals surface area contributed by atoms with Gasteiger partial charge in [-0.25, -0.2) is 9.97 Å². The van der Waals surface area contributed by atoms with E-state index in [2.05, 4.69) is 20.2 Å². The molecule has 0 aliphatic heterocycles. The number of thiazole rings is 1. The Labute approximate surface area is 166 Å². The molecule has 0 unspecified atom stereocenters. The van der Waals surface area contributed by atoms with Crippen molar-refractivity contribution in [2.24, 2.45) is 11.5 Å². The molecule has 1 aromatic carbocycles. The molecule has 0 radical (unpaired) electrons. The largest absolute Gasteiger partial charge is 0.402 e. The Morgan fingerprint density at radius 1 is 1.11 bits per heavy atom. The summed E-state index contributed by atoms with van der Waals surface area (Å²) in [6.45, 7) is 2.35. The van der Waals surface area contributed by atoms with E-state index in [4.69, 9.17) is 16.5 Å². The summed E-state index contributed by atoms with van der Waals surface area (Å²) in [5.41, 5.74) is 17.0. The molecule has 3 heterocycles. The van der Waals surface area contributed by atoms with E-state index in [0.29, 0.717) is 18.1 Å². The van der Waals surface area contributed by atoms with E-state index in [1.807, 2.05) is 49.4 Å². The van der Waals surface area contributed by atoms with Crippen LogP contribution in [0.15, 0.2) is 60.7 Å². The van der Waals surface area contributed by atoms with Gasteiger partial charge in [-0.2, -0.15) is 5.10 Å². The smallest absolute Gasteiger partial charge is 0.167 e. The first-order valence-corrected chi connectivity index (χ1v) is 9.53. The zero-order valence-electron chi connectivity index (χ0n) is 15.3. The minimum Gasteiger partial charge on any atom is -0.402 e. The van der Waals surface area contributed by atoms with Crippen molar-refractivity contribution in [3.8, 4) is 22.0 Å². The molecule has 4 aromatic rings. The van der Waals surface area contributed by atoms with Crippen LogP contribution in [0.4, 0.5) is 0 Å². The fraction of sp³-hybridized carbons (Fsp3) is 0.100. The zero-order valence-corrected chi connectivity index (χ0v) is 16.1. The molecule has 4 rings (SSSR count). The maximum atomic E-state index is 6.21. The normalized spacial score (nSPS) is 12.1. The molecule has 0 saturated carbocycles. The van der Waals surface area contributed by atoms with Gasteiger partial charge in [0.2, 0.25) is 0 Å². The fourth-order valence-electron chi connectivity index (χ4n) is 2.89. The molecule has 0 spiro atoms. The van der Waals surface area contributed by atoms with Crippen LogP contribution in [0.1, 0.15) is 23.2 Å². The van der Waals surface area contributed by atoms with Gasteiger partial charge in [0.25, 0.3) is 0 Å². The predicted octanol–water partition coefficient (Wildman–Crippen LogP) is 3.19. The van der Waals surface area contributed by atoms with Gasteiger partial charge in [0.05, 0.1) is 21.8 Å². The molecule has 0 bridgehead atoms. The first kappa shape index (κ1) is 18.0. The summed E-state index contributed by atoms with van der Waals surface area (Å²) in [4.78, 5) is 14.6. The van der Waals surface area contributed by atoms with Crippen LogP contribution in [-0.2, 0) is 6.54 Å². The molecule has 0 atom stereocenters. The van der Waals surface area contributed by atoms with Gasteiger partial charge in [-0.1, -0.05) is 30.3 Å². The Kier molecular flexibility index (Phi) is 4.96. The van der Waals surface area contributed by atoms with Crippen molar-refractivity contribution >= 4 is 16.9 Å². The quantitative estimate of drug-likeness (QED) is 0.482. The topological polar surface area (TPSA) is 119 Å². The number of rotatable bonds is 5. The Morgan fingerprint density at radius 3 is 2.54 bits per heavy atom. The van der Waals surface area contributed by atoms with Gasteiger partial charge in [-0.05, 0) is 24.6 Å². The third kappa shape index (κ3) is 3.42. The Balaban J connectivity index is 1.89. The van der Waals surface area contributed by atoms with E-state index in [1.54, 1.807) is 6.20 Å². The van der Waals surface area contributed by atoms with Gasteiger partial charge in [0.15, 0.2) is 5.82 Å². The maximum absolute atomic E-state index is 6.21. The third-order valence-electron chi connectivity index (χ3n) is 4.25. The molecular formula is C20H19N7S. The molecule has 28 heavy (non-hydrogen) atoms. The highest BCUT2D eigenvalue weighted by molar-refractivity contribution is 7.16. The minimum atomic E-state index is 0.497. The number of nitrogens with one attached hydrogen (secondary N) is 1. The number of hydrogen-bond donors (Lipinski definition) is 3. The van der Waals surface area contributed by atoms with Crippen LogP contribution in [0.3, 0.4) is 0 Å². The van der Waals surface area contributed by atoms with Gasteiger partial charge >= 0.3 is 0 Å². The van der Waals surface area contributed by atoms with Crippen molar-refractivity contribution in [2.75, 3.05) is 0 Å². The number of aromatic nitrogens is 5. The van der Waals surface area contributed by atoms with Crippen LogP contribution in [0.5, 0.6) is 0 Å². The molecule has 7 nitrogen and oxygen atoms in total. The van der Waals surface area contributed by atoms with E-state index in [1.165, 1.54) is 17.7 Å². The average molecular weight is 389 g/mol. The third-order valence-corrected chi connectivity index (χ3v) is 5.33. The van der Waals surface area contributed by atoms with Crippen molar-refractivity contribution in [2.45, 2.75) is 13.5 Å². The monoisotopic (exact) mass is 389 g/mol. The second kappa shape index (κ2) is 7.71. The fourth-order valence-corrected chi connectivity index (χ4v) is 4.04. The number of allylic oxidation sites excluding steroid dienone is 1. The summed E-state index contributed by atoms with van der Waals surface area (Å²) in [6.07, 6.45) is 3.23. The van der Waals surface area contributed by atoms with Gasteiger partial charge in [0.1, 0.15) is 11.3 Å². The molecule has 140 valence electrons.